The van der Waals surface area contributed by atoms with Gasteiger partial charge in [0.05, 0.1) is 16.5 Å². The molecule has 0 saturated heterocycles. The number of carbonyl (C=O) groups excluding carboxylic acids is 1. The van der Waals surface area contributed by atoms with Crippen molar-refractivity contribution in [2.24, 2.45) is 0 Å². The third-order valence-electron chi connectivity index (χ3n) is 2.47. The highest BCUT2D eigenvalue weighted by Crippen LogP contribution is 2.17. The van der Waals surface area contributed by atoms with Gasteiger partial charge in [0.1, 0.15) is 11.9 Å². The number of halogens is 2. The first-order chi connectivity index (χ1) is 9.60. The first kappa shape index (κ1) is 17.4. The average Bonchev–Trinajstić information content (AvgIpc) is 2.31. The van der Waals surface area contributed by atoms with Gasteiger partial charge in [-0.2, -0.15) is 0 Å². The van der Waals surface area contributed by atoms with Gasteiger partial charge in [0.25, 0.3) is 0 Å². The van der Waals surface area contributed by atoms with Gasteiger partial charge >= 0.3 is 5.97 Å². The van der Waals surface area contributed by atoms with E-state index in [2.05, 4.69) is 0 Å². The van der Waals surface area contributed by atoms with E-state index in [0.29, 0.717) is 0 Å². The van der Waals surface area contributed by atoms with Crippen LogP contribution in [0.5, 0.6) is 0 Å². The fraction of sp³-hybridized carbons (Fsp3) is 0.333. The molecule has 1 aromatic carbocycles. The van der Waals surface area contributed by atoms with Crippen LogP contribution in [0.4, 0.5) is 4.39 Å². The molecule has 0 fully saturated rings. The Morgan fingerprint density at radius 3 is 2.52 bits per heavy atom. The van der Waals surface area contributed by atoms with Crippen molar-refractivity contribution in [1.82, 2.24) is 5.32 Å². The zero-order valence-electron chi connectivity index (χ0n) is 11.0. The molecular weight excluding hydrogens is 325 g/mol. The van der Waals surface area contributed by atoms with E-state index in [1.54, 1.807) is 0 Å². The molecule has 6 nitrogen and oxygen atoms in total. The smallest absolute Gasteiger partial charge is 0.327 e. The van der Waals surface area contributed by atoms with Gasteiger partial charge in [-0.1, -0.05) is 17.7 Å². The summed E-state index contributed by atoms with van der Waals surface area (Å²) in [4.78, 5) is 21.8. The molecule has 21 heavy (non-hydrogen) atoms. The first-order valence-corrected chi connectivity index (χ1v) is 7.95. The van der Waals surface area contributed by atoms with E-state index in [-0.39, 0.29) is 10.6 Å². The van der Waals surface area contributed by atoms with Gasteiger partial charge in [-0.3, -0.25) is 4.79 Å². The summed E-state index contributed by atoms with van der Waals surface area (Å²) < 4.78 is 37.1. The van der Waals surface area contributed by atoms with Crippen molar-refractivity contribution in [2.75, 3.05) is 5.75 Å². The molecule has 1 aromatic rings. The second-order valence-corrected chi connectivity index (χ2v) is 6.91. The zero-order chi connectivity index (χ0) is 16.2. The van der Waals surface area contributed by atoms with Crippen LogP contribution in [0, 0.1) is 5.82 Å². The van der Waals surface area contributed by atoms with E-state index in [4.69, 9.17) is 16.7 Å². The highest BCUT2D eigenvalue weighted by Gasteiger charge is 2.26. The van der Waals surface area contributed by atoms with Crippen LogP contribution in [0.15, 0.2) is 18.2 Å². The van der Waals surface area contributed by atoms with Gasteiger partial charge < -0.3 is 10.4 Å². The third kappa shape index (κ3) is 5.68. The van der Waals surface area contributed by atoms with Crippen molar-refractivity contribution in [1.29, 1.82) is 0 Å². The molecule has 0 aliphatic heterocycles. The summed E-state index contributed by atoms with van der Waals surface area (Å²) in [5.74, 6) is -4.22. The van der Waals surface area contributed by atoms with Crippen LogP contribution in [-0.4, -0.2) is 37.2 Å². The molecule has 116 valence electrons. The van der Waals surface area contributed by atoms with Crippen molar-refractivity contribution in [3.8, 4) is 0 Å². The number of amides is 1. The van der Waals surface area contributed by atoms with Gasteiger partial charge in [0.15, 0.2) is 9.84 Å². The minimum Gasteiger partial charge on any atom is -0.480 e. The molecule has 0 saturated carbocycles. The number of carboxylic acids is 1. The zero-order valence-corrected chi connectivity index (χ0v) is 12.5. The SMILES string of the molecule is CC(=O)N[C@@H](CS(=O)(=O)Cc1ccc(Cl)c(F)c1)C(=O)O. The summed E-state index contributed by atoms with van der Waals surface area (Å²) in [6, 6.07) is 1.96. The Bertz CT molecular complexity index is 662. The van der Waals surface area contributed by atoms with Gasteiger partial charge in [-0.15, -0.1) is 0 Å². The van der Waals surface area contributed by atoms with Crippen LogP contribution in [0.3, 0.4) is 0 Å². The summed E-state index contributed by atoms with van der Waals surface area (Å²) in [5.41, 5.74) is 0.142. The van der Waals surface area contributed by atoms with Gasteiger partial charge in [0.2, 0.25) is 5.91 Å². The maximum atomic E-state index is 13.2. The molecule has 1 rings (SSSR count). The maximum absolute atomic E-state index is 13.2. The van der Waals surface area contributed by atoms with Crippen LogP contribution >= 0.6 is 11.6 Å². The molecule has 0 spiro atoms. The van der Waals surface area contributed by atoms with Crippen molar-refractivity contribution in [3.63, 3.8) is 0 Å². The van der Waals surface area contributed by atoms with Crippen LogP contribution < -0.4 is 5.32 Å². The van der Waals surface area contributed by atoms with Crippen LogP contribution in [0.2, 0.25) is 5.02 Å². The summed E-state index contributed by atoms with van der Waals surface area (Å²) in [7, 11) is -3.86. The molecule has 2 N–H and O–H groups in total. The lowest BCUT2D eigenvalue weighted by Gasteiger charge is -2.13. The topological polar surface area (TPSA) is 101 Å². The Balaban J connectivity index is 2.87. The number of rotatable bonds is 6. The second-order valence-electron chi connectivity index (χ2n) is 4.39. The Hall–Kier alpha value is -1.67. The molecular formula is C12H13ClFNO5S. The average molecular weight is 338 g/mol. The second kappa shape index (κ2) is 6.86. The monoisotopic (exact) mass is 337 g/mol. The molecule has 9 heteroatoms. The molecule has 0 aliphatic rings. The van der Waals surface area contributed by atoms with Crippen LogP contribution in [-0.2, 0) is 25.2 Å². The predicted octanol–water partition coefficient (Wildman–Crippen LogP) is 0.983. The minimum atomic E-state index is -3.86. The molecule has 1 atom stereocenters. The Kier molecular flexibility index (Phi) is 5.68. The van der Waals surface area contributed by atoms with Crippen LogP contribution in [0.1, 0.15) is 12.5 Å². The van der Waals surface area contributed by atoms with Crippen molar-refractivity contribution < 1.29 is 27.5 Å². The van der Waals surface area contributed by atoms with E-state index in [1.807, 2.05) is 5.32 Å². The summed E-state index contributed by atoms with van der Waals surface area (Å²) >= 11 is 5.49. The fourth-order valence-corrected chi connectivity index (χ4v) is 3.27. The third-order valence-corrected chi connectivity index (χ3v) is 4.39. The summed E-state index contributed by atoms with van der Waals surface area (Å²) in [6.45, 7) is 1.08. The molecule has 0 heterocycles. The number of aliphatic carboxylic acids is 1. The number of sulfone groups is 1. The van der Waals surface area contributed by atoms with Crippen molar-refractivity contribution >= 4 is 33.3 Å². The van der Waals surface area contributed by atoms with Gasteiger partial charge in [0, 0.05) is 6.92 Å². The maximum Gasteiger partial charge on any atom is 0.327 e. The highest BCUT2D eigenvalue weighted by molar-refractivity contribution is 7.90. The van der Waals surface area contributed by atoms with Gasteiger partial charge in [-0.25, -0.2) is 17.6 Å². The number of benzene rings is 1. The molecule has 0 unspecified atom stereocenters. The molecule has 0 bridgehead atoms. The number of hydrogen-bond acceptors (Lipinski definition) is 4. The summed E-state index contributed by atoms with van der Waals surface area (Å²) in [6.07, 6.45) is 0. The van der Waals surface area contributed by atoms with E-state index >= 15 is 0 Å². The van der Waals surface area contributed by atoms with E-state index in [0.717, 1.165) is 13.0 Å². The van der Waals surface area contributed by atoms with E-state index in [9.17, 15) is 22.4 Å². The highest BCUT2D eigenvalue weighted by atomic mass is 35.5. The number of hydrogen-bond donors (Lipinski definition) is 2. The van der Waals surface area contributed by atoms with Gasteiger partial charge in [-0.05, 0) is 17.7 Å². The lowest BCUT2D eigenvalue weighted by molar-refractivity contribution is -0.140. The standard InChI is InChI=1S/C12H13ClFNO5S/c1-7(16)15-11(12(17)18)6-21(19,20)5-8-2-3-9(13)10(14)4-8/h2-4,11H,5-6H2,1H3,(H,15,16)(H,17,18)/t11-/m0/s1. The largest absolute Gasteiger partial charge is 0.480 e. The minimum absolute atomic E-state index is 0.141. The predicted molar refractivity (Wildman–Crippen MR) is 74.1 cm³/mol. The lowest BCUT2D eigenvalue weighted by atomic mass is 10.2. The Morgan fingerprint density at radius 2 is 2.05 bits per heavy atom. The Morgan fingerprint density at radius 1 is 1.43 bits per heavy atom. The molecule has 0 aromatic heterocycles. The van der Waals surface area contributed by atoms with E-state index in [1.165, 1.54) is 12.1 Å². The Labute approximate surface area is 125 Å². The van der Waals surface area contributed by atoms with Crippen molar-refractivity contribution in [2.45, 2.75) is 18.7 Å². The molecule has 0 radical (unpaired) electrons. The fourth-order valence-electron chi connectivity index (χ4n) is 1.62. The molecule has 1 amide bonds. The lowest BCUT2D eigenvalue weighted by Crippen LogP contribution is -2.44. The molecule has 0 aliphatic carbocycles. The van der Waals surface area contributed by atoms with Crippen LogP contribution in [0.25, 0.3) is 0 Å². The first-order valence-electron chi connectivity index (χ1n) is 5.75. The number of nitrogens with one attached hydrogen (secondary N) is 1. The van der Waals surface area contributed by atoms with E-state index < -0.39 is 45.1 Å². The quantitative estimate of drug-likeness (QED) is 0.806. The normalized spacial score (nSPS) is 12.7. The summed E-state index contributed by atoms with van der Waals surface area (Å²) in [5, 5.41) is 10.8. The van der Waals surface area contributed by atoms with Crippen molar-refractivity contribution in [3.05, 3.63) is 34.6 Å². The number of carbonyl (C=O) groups is 2. The number of carboxylic acid groups (broad SMARTS) is 1.